The molecule has 2 aliphatic rings. The third kappa shape index (κ3) is 4.23. The van der Waals surface area contributed by atoms with Gasteiger partial charge >= 0.3 is 0 Å². The predicted molar refractivity (Wildman–Crippen MR) is 96.7 cm³/mol. The van der Waals surface area contributed by atoms with Gasteiger partial charge in [0, 0.05) is 56.3 Å². The van der Waals surface area contributed by atoms with Gasteiger partial charge in [-0.3, -0.25) is 9.78 Å². The van der Waals surface area contributed by atoms with Gasteiger partial charge in [0.25, 0.3) is 0 Å². The smallest absolute Gasteiger partial charge is 0.222 e. The Kier molecular flexibility index (Phi) is 5.67. The van der Waals surface area contributed by atoms with Crippen LogP contribution in [0.1, 0.15) is 37.8 Å². The average molecular weight is 327 g/mol. The number of piperidine rings is 2. The highest BCUT2D eigenvalue weighted by Crippen LogP contribution is 2.38. The molecule has 1 aromatic heterocycles. The maximum atomic E-state index is 12.4. The van der Waals surface area contributed by atoms with Crippen molar-refractivity contribution in [3.05, 3.63) is 42.7 Å². The minimum Gasteiger partial charge on any atom is -0.342 e. The number of rotatable bonds is 6. The number of amides is 1. The molecule has 3 heterocycles. The molecule has 3 rings (SSSR count). The third-order valence-corrected chi connectivity index (χ3v) is 5.50. The molecule has 1 spiro atoms. The van der Waals surface area contributed by atoms with E-state index in [4.69, 9.17) is 0 Å². The van der Waals surface area contributed by atoms with Gasteiger partial charge < -0.3 is 9.80 Å². The zero-order valence-corrected chi connectivity index (χ0v) is 14.6. The Bertz CT molecular complexity index is 559. The molecule has 0 aromatic carbocycles. The van der Waals surface area contributed by atoms with Crippen LogP contribution in [-0.4, -0.2) is 53.4 Å². The number of likely N-dealkylation sites (tertiary alicyclic amines) is 2. The Morgan fingerprint density at radius 3 is 2.96 bits per heavy atom. The van der Waals surface area contributed by atoms with Gasteiger partial charge in [0.2, 0.25) is 5.91 Å². The van der Waals surface area contributed by atoms with E-state index in [2.05, 4.69) is 21.4 Å². The van der Waals surface area contributed by atoms with Gasteiger partial charge in [-0.1, -0.05) is 12.1 Å². The van der Waals surface area contributed by atoms with Crippen LogP contribution in [0.4, 0.5) is 0 Å². The summed E-state index contributed by atoms with van der Waals surface area (Å²) in [7, 11) is 0. The van der Waals surface area contributed by atoms with Crippen LogP contribution in [0.3, 0.4) is 0 Å². The molecule has 0 saturated carbocycles. The van der Waals surface area contributed by atoms with Crippen LogP contribution in [0.2, 0.25) is 0 Å². The number of hydrogen-bond donors (Lipinski definition) is 0. The number of hydrogen-bond acceptors (Lipinski definition) is 3. The summed E-state index contributed by atoms with van der Waals surface area (Å²) >= 11 is 0. The van der Waals surface area contributed by atoms with Gasteiger partial charge in [-0.15, -0.1) is 6.58 Å². The normalized spacial score (nSPS) is 25.2. The Hall–Kier alpha value is -1.68. The highest BCUT2D eigenvalue weighted by atomic mass is 16.2. The SMILES string of the molecule is C=CCCN1CCCC2(CCC(=O)N(CCc3ccccn3)C2)C1. The zero-order chi connectivity index (χ0) is 16.8. The molecular weight excluding hydrogens is 298 g/mol. The van der Waals surface area contributed by atoms with Crippen molar-refractivity contribution in [2.75, 3.05) is 32.7 Å². The Balaban J connectivity index is 1.59. The van der Waals surface area contributed by atoms with Crippen molar-refractivity contribution in [2.45, 2.75) is 38.5 Å². The molecule has 1 unspecified atom stereocenters. The largest absolute Gasteiger partial charge is 0.342 e. The molecule has 0 radical (unpaired) electrons. The number of nitrogens with zero attached hydrogens (tertiary/aromatic N) is 3. The highest BCUT2D eigenvalue weighted by molar-refractivity contribution is 5.77. The summed E-state index contributed by atoms with van der Waals surface area (Å²) in [5, 5.41) is 0. The topological polar surface area (TPSA) is 36.4 Å². The number of carbonyl (C=O) groups excluding carboxylic acids is 1. The molecule has 2 fully saturated rings. The second-order valence-corrected chi connectivity index (χ2v) is 7.34. The fourth-order valence-electron chi connectivity index (χ4n) is 4.21. The lowest BCUT2D eigenvalue weighted by atomic mass is 9.73. The van der Waals surface area contributed by atoms with Gasteiger partial charge in [0.1, 0.15) is 0 Å². The Labute approximate surface area is 145 Å². The molecule has 2 aliphatic heterocycles. The number of aromatic nitrogens is 1. The summed E-state index contributed by atoms with van der Waals surface area (Å²) in [6.07, 6.45) is 10.00. The van der Waals surface area contributed by atoms with E-state index in [-0.39, 0.29) is 0 Å². The van der Waals surface area contributed by atoms with E-state index < -0.39 is 0 Å². The van der Waals surface area contributed by atoms with Crippen molar-refractivity contribution >= 4 is 5.91 Å². The maximum absolute atomic E-state index is 12.4. The molecule has 0 bridgehead atoms. The quantitative estimate of drug-likeness (QED) is 0.754. The van der Waals surface area contributed by atoms with Crippen molar-refractivity contribution in [1.29, 1.82) is 0 Å². The fourth-order valence-corrected chi connectivity index (χ4v) is 4.21. The van der Waals surface area contributed by atoms with Gasteiger partial charge in [-0.25, -0.2) is 0 Å². The fraction of sp³-hybridized carbons (Fsp3) is 0.600. The lowest BCUT2D eigenvalue weighted by molar-refractivity contribution is -0.139. The van der Waals surface area contributed by atoms with Gasteiger partial charge in [-0.2, -0.15) is 0 Å². The summed E-state index contributed by atoms with van der Waals surface area (Å²) in [5.41, 5.74) is 1.37. The molecule has 130 valence electrons. The van der Waals surface area contributed by atoms with Crippen LogP contribution in [-0.2, 0) is 11.2 Å². The first-order valence-electron chi connectivity index (χ1n) is 9.22. The molecule has 4 nitrogen and oxygen atoms in total. The molecular formula is C20H29N3O. The molecule has 1 aromatic rings. The van der Waals surface area contributed by atoms with Gasteiger partial charge in [-0.05, 0) is 44.4 Å². The first-order valence-corrected chi connectivity index (χ1v) is 9.22. The van der Waals surface area contributed by atoms with E-state index >= 15 is 0 Å². The second-order valence-electron chi connectivity index (χ2n) is 7.34. The second kappa shape index (κ2) is 7.93. The summed E-state index contributed by atoms with van der Waals surface area (Å²) < 4.78 is 0. The van der Waals surface area contributed by atoms with Crippen LogP contribution in [0, 0.1) is 5.41 Å². The summed E-state index contributed by atoms with van der Waals surface area (Å²) in [4.78, 5) is 21.4. The molecule has 0 N–H and O–H groups in total. The van der Waals surface area contributed by atoms with Crippen molar-refractivity contribution in [1.82, 2.24) is 14.8 Å². The van der Waals surface area contributed by atoms with Crippen LogP contribution in [0.15, 0.2) is 37.1 Å². The Morgan fingerprint density at radius 2 is 2.17 bits per heavy atom. The maximum Gasteiger partial charge on any atom is 0.222 e. The first-order chi connectivity index (χ1) is 11.7. The molecule has 1 amide bonds. The molecule has 2 saturated heterocycles. The number of carbonyl (C=O) groups is 1. The minimum absolute atomic E-state index is 0.303. The molecule has 1 atom stereocenters. The van der Waals surface area contributed by atoms with E-state index in [1.165, 1.54) is 19.4 Å². The lowest BCUT2D eigenvalue weighted by Crippen LogP contribution is -2.54. The van der Waals surface area contributed by atoms with Gasteiger partial charge in [0.15, 0.2) is 0 Å². The van der Waals surface area contributed by atoms with Crippen molar-refractivity contribution in [3.8, 4) is 0 Å². The van der Waals surface area contributed by atoms with Gasteiger partial charge in [0.05, 0.1) is 0 Å². The summed E-state index contributed by atoms with van der Waals surface area (Å²) in [6.45, 7) is 8.98. The van der Waals surface area contributed by atoms with E-state index in [0.29, 0.717) is 17.7 Å². The van der Waals surface area contributed by atoms with Crippen LogP contribution in [0.5, 0.6) is 0 Å². The molecule has 0 aliphatic carbocycles. The minimum atomic E-state index is 0.303. The predicted octanol–water partition coefficient (Wildman–Crippen LogP) is 2.90. The number of pyridine rings is 1. The highest BCUT2D eigenvalue weighted by Gasteiger charge is 2.41. The molecule has 24 heavy (non-hydrogen) atoms. The summed E-state index contributed by atoms with van der Waals surface area (Å²) in [5.74, 6) is 0.319. The van der Waals surface area contributed by atoms with Crippen LogP contribution >= 0.6 is 0 Å². The van der Waals surface area contributed by atoms with Crippen molar-refractivity contribution < 1.29 is 4.79 Å². The van der Waals surface area contributed by atoms with E-state index in [0.717, 1.165) is 51.1 Å². The average Bonchev–Trinajstić information content (AvgIpc) is 2.62. The monoisotopic (exact) mass is 327 g/mol. The lowest BCUT2D eigenvalue weighted by Gasteiger charge is -2.48. The van der Waals surface area contributed by atoms with Crippen molar-refractivity contribution in [2.24, 2.45) is 5.41 Å². The standard InChI is InChI=1S/C20H29N3O/c1-2-3-13-22-14-6-10-20(16-22)11-8-19(24)23(17-20)15-9-18-7-4-5-12-21-18/h2,4-5,7,12H,1,3,6,8-11,13-17H2. The third-order valence-electron chi connectivity index (χ3n) is 5.50. The first kappa shape index (κ1) is 17.2. The Morgan fingerprint density at radius 1 is 1.25 bits per heavy atom. The zero-order valence-electron chi connectivity index (χ0n) is 14.6. The van der Waals surface area contributed by atoms with E-state index in [1.54, 1.807) is 0 Å². The van der Waals surface area contributed by atoms with Crippen LogP contribution < -0.4 is 0 Å². The molecule has 4 heteroatoms. The van der Waals surface area contributed by atoms with E-state index in [1.807, 2.05) is 30.5 Å². The van der Waals surface area contributed by atoms with Crippen molar-refractivity contribution in [3.63, 3.8) is 0 Å². The van der Waals surface area contributed by atoms with E-state index in [9.17, 15) is 4.79 Å². The summed E-state index contributed by atoms with van der Waals surface area (Å²) in [6, 6.07) is 5.99. The van der Waals surface area contributed by atoms with Crippen LogP contribution in [0.25, 0.3) is 0 Å².